The van der Waals surface area contributed by atoms with Crippen LogP contribution in [0.15, 0.2) is 35.0 Å². The molecule has 1 aromatic heterocycles. The third-order valence-corrected chi connectivity index (χ3v) is 5.67. The van der Waals surface area contributed by atoms with Crippen LogP contribution in [0, 0.1) is 5.82 Å². The summed E-state index contributed by atoms with van der Waals surface area (Å²) in [6, 6.07) is 6.50. The van der Waals surface area contributed by atoms with E-state index in [4.69, 9.17) is 11.6 Å². The van der Waals surface area contributed by atoms with Crippen LogP contribution in [-0.2, 0) is 0 Å². The van der Waals surface area contributed by atoms with E-state index in [1.165, 1.54) is 49.4 Å². The zero-order valence-electron chi connectivity index (χ0n) is 14.0. The van der Waals surface area contributed by atoms with Gasteiger partial charge in [0, 0.05) is 6.54 Å². The maximum Gasteiger partial charge on any atom is 0.255 e. The number of carbonyl (C=O) groups excluding carboxylic acids is 1. The van der Waals surface area contributed by atoms with Gasteiger partial charge in [-0.15, -0.1) is 0 Å². The SMILES string of the molecule is O=C(NCC(c1ccsc1)N1CCCCCC1)c1c(F)cccc1Cl. The zero-order valence-corrected chi connectivity index (χ0v) is 15.6. The molecule has 1 aliphatic rings. The molecule has 1 unspecified atom stereocenters. The average Bonchev–Trinajstić information content (AvgIpc) is 2.98. The first kappa shape index (κ1) is 18.4. The molecule has 134 valence electrons. The van der Waals surface area contributed by atoms with Crippen LogP contribution in [0.4, 0.5) is 4.39 Å². The summed E-state index contributed by atoms with van der Waals surface area (Å²) in [6.07, 6.45) is 4.86. The fourth-order valence-electron chi connectivity index (χ4n) is 3.32. The van der Waals surface area contributed by atoms with Crippen molar-refractivity contribution >= 4 is 28.8 Å². The van der Waals surface area contributed by atoms with Crippen molar-refractivity contribution < 1.29 is 9.18 Å². The molecule has 1 aliphatic heterocycles. The Kier molecular flexibility index (Phi) is 6.45. The number of carbonyl (C=O) groups is 1. The van der Waals surface area contributed by atoms with Crippen molar-refractivity contribution in [2.24, 2.45) is 0 Å². The summed E-state index contributed by atoms with van der Waals surface area (Å²) in [5.74, 6) is -1.05. The van der Waals surface area contributed by atoms with Gasteiger partial charge in [0.05, 0.1) is 16.6 Å². The molecule has 2 heterocycles. The van der Waals surface area contributed by atoms with Crippen LogP contribution in [0.25, 0.3) is 0 Å². The van der Waals surface area contributed by atoms with Crippen molar-refractivity contribution in [2.75, 3.05) is 19.6 Å². The molecule has 6 heteroatoms. The molecule has 1 N–H and O–H groups in total. The van der Waals surface area contributed by atoms with Crippen molar-refractivity contribution in [3.8, 4) is 0 Å². The lowest BCUT2D eigenvalue weighted by molar-refractivity contribution is 0.0929. The zero-order chi connectivity index (χ0) is 17.6. The first-order valence-electron chi connectivity index (χ1n) is 8.65. The van der Waals surface area contributed by atoms with Gasteiger partial charge in [0.2, 0.25) is 0 Å². The van der Waals surface area contributed by atoms with E-state index in [9.17, 15) is 9.18 Å². The van der Waals surface area contributed by atoms with Crippen LogP contribution in [0.5, 0.6) is 0 Å². The van der Waals surface area contributed by atoms with E-state index in [-0.39, 0.29) is 16.6 Å². The van der Waals surface area contributed by atoms with Gasteiger partial charge in [-0.05, 0) is 60.5 Å². The monoisotopic (exact) mass is 380 g/mol. The normalized spacial score (nSPS) is 17.0. The van der Waals surface area contributed by atoms with Gasteiger partial charge < -0.3 is 5.32 Å². The van der Waals surface area contributed by atoms with Gasteiger partial charge >= 0.3 is 0 Å². The molecule has 0 radical (unpaired) electrons. The largest absolute Gasteiger partial charge is 0.350 e. The minimum absolute atomic E-state index is 0.0795. The Balaban J connectivity index is 1.73. The van der Waals surface area contributed by atoms with Gasteiger partial charge in [-0.3, -0.25) is 9.69 Å². The van der Waals surface area contributed by atoms with Crippen molar-refractivity contribution in [2.45, 2.75) is 31.7 Å². The molecule has 2 aromatic rings. The number of amides is 1. The van der Waals surface area contributed by atoms with E-state index < -0.39 is 11.7 Å². The topological polar surface area (TPSA) is 32.3 Å². The first-order chi connectivity index (χ1) is 12.2. The Labute approximate surface area is 156 Å². The molecule has 1 saturated heterocycles. The lowest BCUT2D eigenvalue weighted by atomic mass is 10.1. The van der Waals surface area contributed by atoms with Crippen LogP contribution < -0.4 is 5.32 Å². The Morgan fingerprint density at radius 3 is 2.64 bits per heavy atom. The summed E-state index contributed by atoms with van der Waals surface area (Å²) in [7, 11) is 0. The summed E-state index contributed by atoms with van der Waals surface area (Å²) in [5, 5.41) is 7.20. The second-order valence-electron chi connectivity index (χ2n) is 6.33. The smallest absolute Gasteiger partial charge is 0.255 e. The highest BCUT2D eigenvalue weighted by Crippen LogP contribution is 2.26. The maximum atomic E-state index is 14.0. The van der Waals surface area contributed by atoms with Crippen LogP contribution in [0.2, 0.25) is 5.02 Å². The highest BCUT2D eigenvalue weighted by atomic mass is 35.5. The second-order valence-corrected chi connectivity index (χ2v) is 7.52. The Morgan fingerprint density at radius 1 is 1.24 bits per heavy atom. The standard InChI is InChI=1S/C19H22ClFN2OS/c20-15-6-5-7-16(21)18(15)19(24)22-12-17(14-8-11-25-13-14)23-9-3-1-2-4-10-23/h5-8,11,13,17H,1-4,9-10,12H2,(H,22,24). The Morgan fingerprint density at radius 2 is 2.00 bits per heavy atom. The maximum absolute atomic E-state index is 14.0. The number of hydrogen-bond donors (Lipinski definition) is 1. The molecule has 1 amide bonds. The molecule has 1 atom stereocenters. The number of nitrogens with one attached hydrogen (secondary N) is 1. The van der Waals surface area contributed by atoms with E-state index in [2.05, 4.69) is 27.0 Å². The number of halogens is 2. The number of hydrogen-bond acceptors (Lipinski definition) is 3. The lowest BCUT2D eigenvalue weighted by Crippen LogP contribution is -2.38. The van der Waals surface area contributed by atoms with Gasteiger partial charge in [0.1, 0.15) is 5.82 Å². The van der Waals surface area contributed by atoms with E-state index in [0.29, 0.717) is 6.54 Å². The predicted molar refractivity (Wildman–Crippen MR) is 101 cm³/mol. The summed E-state index contributed by atoms with van der Waals surface area (Å²) >= 11 is 7.65. The molecule has 3 nitrogen and oxygen atoms in total. The quantitative estimate of drug-likeness (QED) is 0.801. The van der Waals surface area contributed by atoms with E-state index in [1.54, 1.807) is 11.3 Å². The highest BCUT2D eigenvalue weighted by molar-refractivity contribution is 7.07. The summed E-state index contributed by atoms with van der Waals surface area (Å²) < 4.78 is 14.0. The first-order valence-corrected chi connectivity index (χ1v) is 9.97. The van der Waals surface area contributed by atoms with Crippen LogP contribution in [0.3, 0.4) is 0 Å². The van der Waals surface area contributed by atoms with Crippen LogP contribution in [0.1, 0.15) is 47.6 Å². The minimum Gasteiger partial charge on any atom is -0.350 e. The van der Waals surface area contributed by atoms with E-state index in [1.807, 2.05) is 0 Å². The van der Waals surface area contributed by atoms with Gasteiger partial charge in [-0.1, -0.05) is 30.5 Å². The summed E-state index contributed by atoms with van der Waals surface area (Å²) in [4.78, 5) is 14.9. The molecule has 25 heavy (non-hydrogen) atoms. The van der Waals surface area contributed by atoms with Crippen molar-refractivity contribution in [3.63, 3.8) is 0 Å². The Bertz CT molecular complexity index is 679. The second kappa shape index (κ2) is 8.79. The number of benzene rings is 1. The van der Waals surface area contributed by atoms with E-state index in [0.717, 1.165) is 13.1 Å². The Hall–Kier alpha value is -1.43. The summed E-state index contributed by atoms with van der Waals surface area (Å²) in [6.45, 7) is 2.49. The number of nitrogens with zero attached hydrogens (tertiary/aromatic N) is 1. The van der Waals surface area contributed by atoms with Gasteiger partial charge in [-0.2, -0.15) is 11.3 Å². The van der Waals surface area contributed by atoms with E-state index >= 15 is 0 Å². The lowest BCUT2D eigenvalue weighted by Gasteiger charge is -2.30. The number of likely N-dealkylation sites (tertiary alicyclic amines) is 1. The molecule has 0 bridgehead atoms. The van der Waals surface area contributed by atoms with Crippen molar-refractivity contribution in [1.29, 1.82) is 0 Å². The molecule has 1 aromatic carbocycles. The average molecular weight is 381 g/mol. The molecule has 1 fully saturated rings. The fraction of sp³-hybridized carbons (Fsp3) is 0.421. The van der Waals surface area contributed by atoms with Gasteiger partial charge in [0.15, 0.2) is 0 Å². The highest BCUT2D eigenvalue weighted by Gasteiger charge is 2.24. The third-order valence-electron chi connectivity index (χ3n) is 4.66. The van der Waals surface area contributed by atoms with Gasteiger partial charge in [-0.25, -0.2) is 4.39 Å². The molecule has 3 rings (SSSR count). The van der Waals surface area contributed by atoms with Crippen LogP contribution in [-0.4, -0.2) is 30.4 Å². The van der Waals surface area contributed by atoms with Crippen LogP contribution >= 0.6 is 22.9 Å². The molecule has 0 saturated carbocycles. The fourth-order valence-corrected chi connectivity index (χ4v) is 4.28. The third kappa shape index (κ3) is 4.60. The summed E-state index contributed by atoms with van der Waals surface area (Å²) in [5.41, 5.74) is 1.12. The molecular weight excluding hydrogens is 359 g/mol. The van der Waals surface area contributed by atoms with Crippen molar-refractivity contribution in [3.05, 3.63) is 57.0 Å². The number of rotatable bonds is 5. The van der Waals surface area contributed by atoms with Gasteiger partial charge in [0.25, 0.3) is 5.91 Å². The molecule has 0 aliphatic carbocycles. The molecular formula is C19H22ClFN2OS. The van der Waals surface area contributed by atoms with Crippen molar-refractivity contribution in [1.82, 2.24) is 10.2 Å². The predicted octanol–water partition coefficient (Wildman–Crippen LogP) is 4.89. The minimum atomic E-state index is -0.591. The molecule has 0 spiro atoms. The number of thiophene rings is 1.